The Morgan fingerprint density at radius 2 is 1.89 bits per heavy atom. The molecule has 0 radical (unpaired) electrons. The molecular formula is C26H23N5O5S. The molecule has 2 aromatic carbocycles. The summed E-state index contributed by atoms with van der Waals surface area (Å²) in [6, 6.07) is 12.8. The molecule has 3 heterocycles. The average molecular weight is 518 g/mol. The molecule has 0 atom stereocenters. The number of amides is 1. The summed E-state index contributed by atoms with van der Waals surface area (Å²) in [6.45, 7) is -0.00358. The van der Waals surface area contributed by atoms with Crippen molar-refractivity contribution in [2.75, 3.05) is 33.3 Å². The number of carbonyl (C=O) groups excluding carboxylic acids is 1. The lowest BCUT2D eigenvalue weighted by molar-refractivity contribution is -0.118. The molecule has 1 aliphatic rings. The number of thiazole rings is 1. The van der Waals surface area contributed by atoms with Crippen LogP contribution < -0.4 is 29.1 Å². The first-order valence-electron chi connectivity index (χ1n) is 11.2. The van der Waals surface area contributed by atoms with Crippen molar-refractivity contribution in [1.29, 1.82) is 0 Å². The topological polar surface area (TPSA) is 109 Å². The van der Waals surface area contributed by atoms with Crippen molar-refractivity contribution in [3.63, 3.8) is 0 Å². The molecule has 11 heteroatoms. The number of nitrogens with zero attached hydrogens (tertiary/aromatic N) is 4. The number of anilines is 1. The number of hydrogen-bond donors (Lipinski definition) is 1. The second-order valence-electron chi connectivity index (χ2n) is 7.78. The van der Waals surface area contributed by atoms with Gasteiger partial charge in [0.05, 0.1) is 50.8 Å². The van der Waals surface area contributed by atoms with E-state index in [0.29, 0.717) is 44.7 Å². The molecule has 10 nitrogen and oxygen atoms in total. The normalized spacial score (nSPS) is 13.2. The number of hydrogen-bond acceptors (Lipinski definition) is 9. The number of aromatic nitrogens is 2. The van der Waals surface area contributed by atoms with Gasteiger partial charge in [0.25, 0.3) is 5.91 Å². The molecule has 0 unspecified atom stereocenters. The molecule has 0 aliphatic carbocycles. The third-order valence-corrected chi connectivity index (χ3v) is 6.33. The molecule has 5 rings (SSSR count). The standard InChI is InChI=1S/C26H23N5O5S/c1-33-22-11-24(35-3)23(34-2)10-17(22)12-28-31-20(15-37-26(31)29-18-5-4-8-27-13-18)16-6-7-21-19(9-16)30-25(32)14-36-21/h4-13,15H,14H2,1-3H3,(H,30,32). The van der Waals surface area contributed by atoms with Crippen LogP contribution in [-0.2, 0) is 4.79 Å². The monoisotopic (exact) mass is 517 g/mol. The van der Waals surface area contributed by atoms with Crippen LogP contribution in [0.2, 0.25) is 0 Å². The fourth-order valence-electron chi connectivity index (χ4n) is 3.73. The van der Waals surface area contributed by atoms with Crippen LogP contribution in [0.25, 0.3) is 11.3 Å². The van der Waals surface area contributed by atoms with Gasteiger partial charge in [-0.2, -0.15) is 5.10 Å². The molecule has 0 saturated heterocycles. The van der Waals surface area contributed by atoms with E-state index in [1.165, 1.54) is 11.3 Å². The van der Waals surface area contributed by atoms with Gasteiger partial charge in [-0.3, -0.25) is 9.78 Å². The van der Waals surface area contributed by atoms with E-state index in [1.54, 1.807) is 56.7 Å². The number of fused-ring (bicyclic) bond motifs is 1. The minimum atomic E-state index is -0.200. The summed E-state index contributed by atoms with van der Waals surface area (Å²) in [6.07, 6.45) is 5.04. The van der Waals surface area contributed by atoms with Crippen molar-refractivity contribution in [1.82, 2.24) is 9.66 Å². The Balaban J connectivity index is 1.64. The molecule has 37 heavy (non-hydrogen) atoms. The van der Waals surface area contributed by atoms with E-state index in [4.69, 9.17) is 29.0 Å². The third kappa shape index (κ3) is 5.02. The maximum Gasteiger partial charge on any atom is 0.262 e. The van der Waals surface area contributed by atoms with Crippen LogP contribution in [0.3, 0.4) is 0 Å². The summed E-state index contributed by atoms with van der Waals surface area (Å²) in [4.78, 5) is 21.4. The van der Waals surface area contributed by atoms with E-state index in [-0.39, 0.29) is 12.5 Å². The highest BCUT2D eigenvalue weighted by Gasteiger charge is 2.18. The fourth-order valence-corrected chi connectivity index (χ4v) is 4.59. The molecule has 1 aliphatic heterocycles. The van der Waals surface area contributed by atoms with Gasteiger partial charge in [-0.15, -0.1) is 11.3 Å². The Bertz CT molecular complexity index is 1540. The van der Waals surface area contributed by atoms with Crippen LogP contribution in [0.1, 0.15) is 5.56 Å². The quantitative estimate of drug-likeness (QED) is 0.370. The van der Waals surface area contributed by atoms with Crippen LogP contribution in [0.5, 0.6) is 23.0 Å². The first kappa shape index (κ1) is 24.1. The molecule has 1 amide bonds. The van der Waals surface area contributed by atoms with Crippen molar-refractivity contribution in [2.24, 2.45) is 10.1 Å². The first-order chi connectivity index (χ1) is 18.1. The van der Waals surface area contributed by atoms with E-state index < -0.39 is 0 Å². The lowest BCUT2D eigenvalue weighted by Gasteiger charge is -2.18. The fraction of sp³-hybridized carbons (Fsp3) is 0.154. The van der Waals surface area contributed by atoms with E-state index in [2.05, 4.69) is 10.3 Å². The van der Waals surface area contributed by atoms with Gasteiger partial charge >= 0.3 is 0 Å². The Hall–Kier alpha value is -4.64. The van der Waals surface area contributed by atoms with Crippen LogP contribution in [0.4, 0.5) is 11.4 Å². The highest BCUT2D eigenvalue weighted by Crippen LogP contribution is 2.35. The smallest absolute Gasteiger partial charge is 0.262 e. The van der Waals surface area contributed by atoms with Gasteiger partial charge in [-0.25, -0.2) is 9.67 Å². The summed E-state index contributed by atoms with van der Waals surface area (Å²) in [5, 5.41) is 9.57. The zero-order valence-corrected chi connectivity index (χ0v) is 21.1. The van der Waals surface area contributed by atoms with E-state index >= 15 is 0 Å². The number of rotatable bonds is 7. The Morgan fingerprint density at radius 3 is 2.65 bits per heavy atom. The lowest BCUT2D eigenvalue weighted by atomic mass is 10.1. The van der Waals surface area contributed by atoms with E-state index in [0.717, 1.165) is 11.3 Å². The average Bonchev–Trinajstić information content (AvgIpc) is 3.33. The van der Waals surface area contributed by atoms with Crippen LogP contribution >= 0.6 is 11.3 Å². The molecule has 188 valence electrons. The van der Waals surface area contributed by atoms with Gasteiger partial charge < -0.3 is 24.3 Å². The van der Waals surface area contributed by atoms with Gasteiger partial charge in [-0.1, -0.05) is 0 Å². The predicted octanol–water partition coefficient (Wildman–Crippen LogP) is 4.08. The summed E-state index contributed by atoms with van der Waals surface area (Å²) >= 11 is 1.42. The Labute approximate surface area is 216 Å². The second-order valence-corrected chi connectivity index (χ2v) is 8.62. The van der Waals surface area contributed by atoms with Gasteiger partial charge in [0.15, 0.2) is 18.1 Å². The summed E-state index contributed by atoms with van der Waals surface area (Å²) in [5.41, 5.74) is 3.57. The molecule has 0 saturated carbocycles. The Morgan fingerprint density at radius 1 is 1.08 bits per heavy atom. The van der Waals surface area contributed by atoms with Gasteiger partial charge in [0, 0.05) is 28.8 Å². The summed E-state index contributed by atoms with van der Waals surface area (Å²) in [5.74, 6) is 2.08. The maximum atomic E-state index is 11.9. The lowest BCUT2D eigenvalue weighted by Crippen LogP contribution is -2.25. The van der Waals surface area contributed by atoms with Crippen molar-refractivity contribution in [3.8, 4) is 34.3 Å². The van der Waals surface area contributed by atoms with Crippen molar-refractivity contribution < 1.29 is 23.7 Å². The van der Waals surface area contributed by atoms with Crippen LogP contribution in [0, 0.1) is 0 Å². The van der Waals surface area contributed by atoms with Crippen molar-refractivity contribution >= 4 is 34.8 Å². The third-order valence-electron chi connectivity index (χ3n) is 5.51. The number of pyridine rings is 1. The summed E-state index contributed by atoms with van der Waals surface area (Å²) in [7, 11) is 4.71. The number of ether oxygens (including phenoxy) is 4. The van der Waals surface area contributed by atoms with E-state index in [1.807, 2.05) is 35.7 Å². The number of methoxy groups -OCH3 is 3. The zero-order chi connectivity index (χ0) is 25.8. The number of nitrogens with one attached hydrogen (secondary N) is 1. The molecule has 4 aromatic rings. The molecule has 1 N–H and O–H groups in total. The number of benzene rings is 2. The molecular weight excluding hydrogens is 494 g/mol. The van der Waals surface area contributed by atoms with Crippen LogP contribution in [0.15, 0.2) is 70.3 Å². The zero-order valence-electron chi connectivity index (χ0n) is 20.3. The van der Waals surface area contributed by atoms with Crippen molar-refractivity contribution in [3.05, 3.63) is 70.6 Å². The van der Waals surface area contributed by atoms with Gasteiger partial charge in [-0.05, 0) is 36.4 Å². The van der Waals surface area contributed by atoms with Gasteiger partial charge in [0.2, 0.25) is 4.80 Å². The number of carbonyl (C=O) groups is 1. The molecule has 2 aromatic heterocycles. The van der Waals surface area contributed by atoms with Gasteiger partial charge in [0.1, 0.15) is 11.5 Å². The Kier molecular flexibility index (Phi) is 6.86. The maximum absolute atomic E-state index is 11.9. The van der Waals surface area contributed by atoms with E-state index in [9.17, 15) is 4.79 Å². The highest BCUT2D eigenvalue weighted by atomic mass is 32.1. The largest absolute Gasteiger partial charge is 0.496 e. The molecule has 0 bridgehead atoms. The molecule has 0 spiro atoms. The second kappa shape index (κ2) is 10.5. The minimum Gasteiger partial charge on any atom is -0.496 e. The van der Waals surface area contributed by atoms with Crippen molar-refractivity contribution in [2.45, 2.75) is 0 Å². The highest BCUT2D eigenvalue weighted by molar-refractivity contribution is 7.07. The van der Waals surface area contributed by atoms with Crippen LogP contribution in [-0.4, -0.2) is 49.7 Å². The predicted molar refractivity (Wildman–Crippen MR) is 140 cm³/mol. The first-order valence-corrected chi connectivity index (χ1v) is 12.0. The minimum absolute atomic E-state index is 0.00358. The SMILES string of the molecule is COc1cc(OC)c(OC)cc1C=Nn1c(-c2ccc3c(c2)NC(=O)CO3)csc1=Nc1cccnc1. The summed E-state index contributed by atoms with van der Waals surface area (Å²) < 4.78 is 23.6. The molecule has 0 fully saturated rings.